The fourth-order valence-corrected chi connectivity index (χ4v) is 7.10. The summed E-state index contributed by atoms with van der Waals surface area (Å²) in [4.78, 5) is 0. The zero-order chi connectivity index (χ0) is 32.0. The first kappa shape index (κ1) is 34.4. The Morgan fingerprint density at radius 3 is 0.911 bits per heavy atom. The first-order valence-corrected chi connectivity index (χ1v) is 17.7. The largest absolute Gasteiger partial charge is 0.399 e. The molecule has 0 saturated heterocycles. The molecule has 2 heteroatoms. The number of anilines is 2. The Balaban J connectivity index is 1.02. The van der Waals surface area contributed by atoms with E-state index in [0.29, 0.717) is 0 Å². The van der Waals surface area contributed by atoms with Gasteiger partial charge in [0.25, 0.3) is 0 Å². The lowest BCUT2D eigenvalue weighted by molar-refractivity contribution is 0.545. The maximum atomic E-state index is 5.85. The highest BCUT2D eigenvalue weighted by atomic mass is 14.5. The van der Waals surface area contributed by atoms with Crippen molar-refractivity contribution in [2.24, 2.45) is 0 Å². The van der Waals surface area contributed by atoms with Crippen LogP contribution in [-0.2, 0) is 25.7 Å². The van der Waals surface area contributed by atoms with Gasteiger partial charge in [0.05, 0.1) is 0 Å². The first-order valence-electron chi connectivity index (χ1n) is 17.7. The molecule has 0 aromatic heterocycles. The highest BCUT2D eigenvalue weighted by Gasteiger charge is 2.08. The molecule has 0 fully saturated rings. The molecule has 45 heavy (non-hydrogen) atoms. The molecular formula is C43H58N2. The number of unbranched alkanes of at least 4 members (excludes halogenated alkanes) is 10. The minimum absolute atomic E-state index is 0.832. The van der Waals surface area contributed by atoms with Crippen LogP contribution in [0, 0.1) is 27.7 Å². The van der Waals surface area contributed by atoms with E-state index in [2.05, 4.69) is 76.2 Å². The minimum Gasteiger partial charge on any atom is -0.399 e. The molecule has 4 N–H and O–H groups in total. The number of hydrogen-bond acceptors (Lipinski definition) is 2. The van der Waals surface area contributed by atoms with Crippen LogP contribution in [0.15, 0.2) is 72.8 Å². The Labute approximate surface area is 274 Å². The van der Waals surface area contributed by atoms with Gasteiger partial charge >= 0.3 is 0 Å². The third-order valence-electron chi connectivity index (χ3n) is 9.64. The number of hydrogen-bond donors (Lipinski definition) is 2. The summed E-state index contributed by atoms with van der Waals surface area (Å²) in [6, 6.07) is 26.1. The molecule has 2 nitrogen and oxygen atoms in total. The van der Waals surface area contributed by atoms with Gasteiger partial charge in [-0.1, -0.05) is 106 Å². The van der Waals surface area contributed by atoms with E-state index in [1.54, 1.807) is 11.1 Å². The normalized spacial score (nSPS) is 11.3. The predicted molar refractivity (Wildman–Crippen MR) is 197 cm³/mol. The van der Waals surface area contributed by atoms with E-state index in [9.17, 15) is 0 Å². The van der Waals surface area contributed by atoms with Crippen LogP contribution in [-0.4, -0.2) is 0 Å². The van der Waals surface area contributed by atoms with Crippen LogP contribution in [0.1, 0.15) is 126 Å². The quantitative estimate of drug-likeness (QED) is 0.0879. The van der Waals surface area contributed by atoms with Crippen LogP contribution >= 0.6 is 0 Å². The van der Waals surface area contributed by atoms with Gasteiger partial charge in [0.2, 0.25) is 0 Å². The molecule has 0 aliphatic carbocycles. The smallest absolute Gasteiger partial charge is 0.0314 e. The predicted octanol–water partition coefficient (Wildman–Crippen LogP) is 11.3. The minimum atomic E-state index is 0.832. The van der Waals surface area contributed by atoms with Gasteiger partial charge in [0.1, 0.15) is 0 Å². The topological polar surface area (TPSA) is 52.0 Å². The Hall–Kier alpha value is -3.52. The van der Waals surface area contributed by atoms with Gasteiger partial charge in [0.15, 0.2) is 0 Å². The maximum absolute atomic E-state index is 5.85. The van der Waals surface area contributed by atoms with Crippen molar-refractivity contribution in [2.45, 2.75) is 124 Å². The molecule has 0 atom stereocenters. The van der Waals surface area contributed by atoms with E-state index in [0.717, 1.165) is 24.2 Å². The van der Waals surface area contributed by atoms with Gasteiger partial charge in [-0.25, -0.2) is 0 Å². The van der Waals surface area contributed by atoms with Gasteiger partial charge in [-0.2, -0.15) is 0 Å². The Bertz CT molecular complexity index is 1300. The highest BCUT2D eigenvalue weighted by molar-refractivity contribution is 5.44. The summed E-state index contributed by atoms with van der Waals surface area (Å²) in [5, 5.41) is 0. The highest BCUT2D eigenvalue weighted by Crippen LogP contribution is 2.24. The Kier molecular flexibility index (Phi) is 13.6. The molecular weight excluding hydrogens is 544 g/mol. The first-order chi connectivity index (χ1) is 21.8. The molecule has 0 radical (unpaired) electrons. The number of nitrogen functional groups attached to an aromatic ring is 2. The molecule has 240 valence electrons. The van der Waals surface area contributed by atoms with Crippen LogP contribution < -0.4 is 11.5 Å². The van der Waals surface area contributed by atoms with Crippen LogP contribution in [0.5, 0.6) is 0 Å². The second kappa shape index (κ2) is 17.8. The Morgan fingerprint density at radius 2 is 0.622 bits per heavy atom. The molecule has 0 spiro atoms. The van der Waals surface area contributed by atoms with Crippen molar-refractivity contribution >= 4 is 11.4 Å². The molecule has 0 aliphatic rings. The summed E-state index contributed by atoms with van der Waals surface area (Å²) >= 11 is 0. The fourth-order valence-electron chi connectivity index (χ4n) is 7.10. The monoisotopic (exact) mass is 602 g/mol. The Morgan fingerprint density at radius 1 is 0.356 bits per heavy atom. The summed E-state index contributed by atoms with van der Waals surface area (Å²) in [5.41, 5.74) is 27.7. The molecule has 0 amide bonds. The second-order valence-corrected chi connectivity index (χ2v) is 13.6. The van der Waals surface area contributed by atoms with Gasteiger partial charge in [-0.05, 0) is 146 Å². The summed E-state index contributed by atoms with van der Waals surface area (Å²) < 4.78 is 0. The van der Waals surface area contributed by atoms with Crippen molar-refractivity contribution in [3.63, 3.8) is 0 Å². The summed E-state index contributed by atoms with van der Waals surface area (Å²) in [6.45, 7) is 9.16. The lowest BCUT2D eigenvalue weighted by atomic mass is 9.92. The standard InChI is InChI=1S/C43H58N2/c1-32-26-38(30-36-18-22-40(44)23-19-36)27-33(2)42(32)16-14-12-10-8-6-5-7-9-11-13-15-17-43-34(3)28-39(29-35(43)4)31-37-20-24-41(45)25-21-37/h18-29H,5-17,30-31,44-45H2,1-4H3. The van der Waals surface area contributed by atoms with Crippen LogP contribution in [0.25, 0.3) is 0 Å². The van der Waals surface area contributed by atoms with Gasteiger partial charge in [0, 0.05) is 11.4 Å². The molecule has 4 aromatic carbocycles. The third kappa shape index (κ3) is 11.4. The van der Waals surface area contributed by atoms with Crippen molar-refractivity contribution in [1.82, 2.24) is 0 Å². The van der Waals surface area contributed by atoms with Gasteiger partial charge in [-0.3, -0.25) is 0 Å². The molecule has 4 rings (SSSR count). The fraction of sp³-hybridized carbons (Fsp3) is 0.442. The zero-order valence-electron chi connectivity index (χ0n) is 28.7. The zero-order valence-corrected chi connectivity index (χ0v) is 28.7. The lowest BCUT2D eigenvalue weighted by Gasteiger charge is -2.13. The lowest BCUT2D eigenvalue weighted by Crippen LogP contribution is -1.98. The molecule has 0 saturated carbocycles. The third-order valence-corrected chi connectivity index (χ3v) is 9.64. The van der Waals surface area contributed by atoms with E-state index in [1.807, 2.05) is 24.3 Å². The van der Waals surface area contributed by atoms with Crippen molar-refractivity contribution in [1.29, 1.82) is 0 Å². The molecule has 4 aromatic rings. The molecule has 0 unspecified atom stereocenters. The molecule has 0 bridgehead atoms. The average Bonchev–Trinajstić information content (AvgIpc) is 3.00. The molecule has 0 heterocycles. The van der Waals surface area contributed by atoms with E-state index in [-0.39, 0.29) is 0 Å². The van der Waals surface area contributed by atoms with Crippen molar-refractivity contribution in [3.05, 3.63) is 128 Å². The van der Waals surface area contributed by atoms with Crippen LogP contribution in [0.2, 0.25) is 0 Å². The van der Waals surface area contributed by atoms with E-state index in [4.69, 9.17) is 11.5 Å². The van der Waals surface area contributed by atoms with E-state index in [1.165, 1.54) is 128 Å². The maximum Gasteiger partial charge on any atom is 0.0314 e. The summed E-state index contributed by atoms with van der Waals surface area (Å²) in [7, 11) is 0. The average molecular weight is 603 g/mol. The number of aryl methyl sites for hydroxylation is 4. The van der Waals surface area contributed by atoms with Crippen molar-refractivity contribution < 1.29 is 0 Å². The van der Waals surface area contributed by atoms with E-state index >= 15 is 0 Å². The van der Waals surface area contributed by atoms with Gasteiger partial charge < -0.3 is 11.5 Å². The van der Waals surface area contributed by atoms with Gasteiger partial charge in [-0.15, -0.1) is 0 Å². The van der Waals surface area contributed by atoms with Crippen LogP contribution in [0.3, 0.4) is 0 Å². The molecule has 0 aliphatic heterocycles. The van der Waals surface area contributed by atoms with Crippen molar-refractivity contribution in [3.8, 4) is 0 Å². The summed E-state index contributed by atoms with van der Waals surface area (Å²) in [6.07, 6.45) is 19.5. The number of rotatable bonds is 18. The second-order valence-electron chi connectivity index (χ2n) is 13.6. The van der Waals surface area contributed by atoms with Crippen LogP contribution in [0.4, 0.5) is 11.4 Å². The van der Waals surface area contributed by atoms with E-state index < -0.39 is 0 Å². The SMILES string of the molecule is Cc1cc(Cc2ccc(N)cc2)cc(C)c1CCCCCCCCCCCCCc1c(C)cc(Cc2ccc(N)cc2)cc1C. The number of benzene rings is 4. The van der Waals surface area contributed by atoms with Crippen molar-refractivity contribution in [2.75, 3.05) is 11.5 Å². The summed E-state index contributed by atoms with van der Waals surface area (Å²) in [5.74, 6) is 0. The number of nitrogens with two attached hydrogens (primary N) is 2.